The number of guanidine groups is 1. The van der Waals surface area contributed by atoms with Crippen LogP contribution in [-0.4, -0.2) is 44.9 Å². The Morgan fingerprint density at radius 2 is 1.75 bits per heavy atom. The fourth-order valence-electron chi connectivity index (χ4n) is 3.61. The molecule has 0 amide bonds. The van der Waals surface area contributed by atoms with Crippen LogP contribution in [0, 0.1) is 0 Å². The summed E-state index contributed by atoms with van der Waals surface area (Å²) in [5, 5.41) is 6.76. The molecule has 32 heavy (non-hydrogen) atoms. The minimum atomic E-state index is -4.31. The largest absolute Gasteiger partial charge is 0.411 e. The summed E-state index contributed by atoms with van der Waals surface area (Å²) in [6, 6.07) is 18.1. The van der Waals surface area contributed by atoms with Crippen LogP contribution in [0.1, 0.15) is 24.0 Å². The lowest BCUT2D eigenvalue weighted by Gasteiger charge is -2.34. The first kappa shape index (κ1) is 26.2. The van der Waals surface area contributed by atoms with Crippen LogP contribution in [0.4, 0.5) is 18.9 Å². The maximum absolute atomic E-state index is 12.2. The van der Waals surface area contributed by atoms with E-state index in [1.54, 1.807) is 13.1 Å². The summed E-state index contributed by atoms with van der Waals surface area (Å²) in [6.07, 6.45) is -2.28. The Labute approximate surface area is 204 Å². The van der Waals surface area contributed by atoms with Gasteiger partial charge in [0.05, 0.1) is 6.61 Å². The lowest BCUT2D eigenvalue weighted by Crippen LogP contribution is -2.48. The Bertz CT molecular complexity index is 841. The van der Waals surface area contributed by atoms with E-state index in [1.807, 2.05) is 24.3 Å². The fourth-order valence-corrected chi connectivity index (χ4v) is 3.61. The van der Waals surface area contributed by atoms with Gasteiger partial charge in [0.25, 0.3) is 0 Å². The molecule has 1 heterocycles. The van der Waals surface area contributed by atoms with Gasteiger partial charge in [0.2, 0.25) is 0 Å². The van der Waals surface area contributed by atoms with E-state index in [0.717, 1.165) is 37.5 Å². The van der Waals surface area contributed by atoms with Gasteiger partial charge >= 0.3 is 6.18 Å². The second-order valence-electron chi connectivity index (χ2n) is 7.59. The summed E-state index contributed by atoms with van der Waals surface area (Å²) in [5.41, 5.74) is 2.91. The van der Waals surface area contributed by atoms with Crippen molar-refractivity contribution in [1.82, 2.24) is 10.6 Å². The zero-order valence-electron chi connectivity index (χ0n) is 18.1. The van der Waals surface area contributed by atoms with Crippen molar-refractivity contribution >= 4 is 35.6 Å². The number of rotatable bonds is 7. The third-order valence-corrected chi connectivity index (χ3v) is 5.17. The normalized spacial score (nSPS) is 15.2. The van der Waals surface area contributed by atoms with Crippen molar-refractivity contribution in [2.75, 3.05) is 31.6 Å². The van der Waals surface area contributed by atoms with E-state index >= 15 is 0 Å². The smallest absolute Gasteiger partial charge is 0.371 e. The maximum atomic E-state index is 12.2. The average Bonchev–Trinajstić information content (AvgIpc) is 2.77. The number of hydrogen-bond donors (Lipinski definition) is 2. The topological polar surface area (TPSA) is 48.9 Å². The van der Waals surface area contributed by atoms with Crippen molar-refractivity contribution in [3.8, 4) is 0 Å². The number of piperidine rings is 1. The van der Waals surface area contributed by atoms with Crippen LogP contribution in [0.25, 0.3) is 0 Å². The molecule has 9 heteroatoms. The molecule has 176 valence electrons. The molecule has 0 aliphatic carbocycles. The molecule has 0 radical (unpaired) electrons. The predicted molar refractivity (Wildman–Crippen MR) is 133 cm³/mol. The Morgan fingerprint density at radius 1 is 1.06 bits per heavy atom. The van der Waals surface area contributed by atoms with E-state index in [4.69, 9.17) is 4.74 Å². The van der Waals surface area contributed by atoms with Gasteiger partial charge in [-0.25, -0.2) is 0 Å². The minimum absolute atomic E-state index is 0. The zero-order valence-corrected chi connectivity index (χ0v) is 20.4. The average molecular weight is 562 g/mol. The van der Waals surface area contributed by atoms with Gasteiger partial charge in [-0.2, -0.15) is 13.2 Å². The molecule has 0 atom stereocenters. The molecule has 2 N–H and O–H groups in total. The van der Waals surface area contributed by atoms with Crippen molar-refractivity contribution in [2.45, 2.75) is 38.2 Å². The number of para-hydroxylation sites is 1. The van der Waals surface area contributed by atoms with Crippen LogP contribution >= 0.6 is 24.0 Å². The number of anilines is 1. The molecule has 1 aliphatic heterocycles. The van der Waals surface area contributed by atoms with Gasteiger partial charge < -0.3 is 20.3 Å². The number of alkyl halides is 3. The standard InChI is InChI=1S/C23H29F3N4O.HI/c1-27-22(29-20-10-12-30(13-11-20)21-8-3-2-4-9-21)28-15-18-6-5-7-19(14-18)16-31-17-23(24,25)26;/h2-9,14,20H,10-13,15-17H2,1H3,(H2,27,28,29);1H. The van der Waals surface area contributed by atoms with E-state index in [0.29, 0.717) is 18.2 Å². The van der Waals surface area contributed by atoms with Crippen LogP contribution in [-0.2, 0) is 17.9 Å². The van der Waals surface area contributed by atoms with Crippen molar-refractivity contribution in [3.05, 3.63) is 65.7 Å². The van der Waals surface area contributed by atoms with Crippen LogP contribution < -0.4 is 15.5 Å². The fraction of sp³-hybridized carbons (Fsp3) is 0.435. The monoisotopic (exact) mass is 562 g/mol. The van der Waals surface area contributed by atoms with Crippen LogP contribution in [0.15, 0.2) is 59.6 Å². The zero-order chi connectivity index (χ0) is 22.1. The van der Waals surface area contributed by atoms with Gasteiger partial charge in [-0.15, -0.1) is 24.0 Å². The highest BCUT2D eigenvalue weighted by Crippen LogP contribution is 2.19. The number of nitrogens with zero attached hydrogens (tertiary/aromatic N) is 2. The number of nitrogens with one attached hydrogen (secondary N) is 2. The van der Waals surface area contributed by atoms with Gasteiger partial charge in [-0.05, 0) is 36.1 Å². The van der Waals surface area contributed by atoms with Crippen LogP contribution in [0.5, 0.6) is 0 Å². The van der Waals surface area contributed by atoms with Crippen molar-refractivity contribution < 1.29 is 17.9 Å². The molecule has 0 aromatic heterocycles. The number of benzene rings is 2. The first-order valence-electron chi connectivity index (χ1n) is 10.4. The second-order valence-corrected chi connectivity index (χ2v) is 7.59. The van der Waals surface area contributed by atoms with E-state index < -0.39 is 12.8 Å². The molecule has 3 rings (SSSR count). The summed E-state index contributed by atoms with van der Waals surface area (Å²) in [5.74, 6) is 0.719. The summed E-state index contributed by atoms with van der Waals surface area (Å²) < 4.78 is 41.4. The van der Waals surface area contributed by atoms with E-state index in [2.05, 4.69) is 44.8 Å². The van der Waals surface area contributed by atoms with Gasteiger partial charge in [0, 0.05) is 38.4 Å². The quantitative estimate of drug-likeness (QED) is 0.292. The SMILES string of the molecule is CN=C(NCc1cccc(COCC(F)(F)F)c1)NC1CCN(c2ccccc2)CC1.I. The molecule has 2 aromatic rings. The molecule has 1 saturated heterocycles. The Kier molecular flexibility index (Phi) is 10.6. The van der Waals surface area contributed by atoms with Crippen molar-refractivity contribution in [2.24, 2.45) is 4.99 Å². The van der Waals surface area contributed by atoms with Gasteiger partial charge in [-0.3, -0.25) is 4.99 Å². The minimum Gasteiger partial charge on any atom is -0.371 e. The van der Waals surface area contributed by atoms with Gasteiger partial charge in [0.15, 0.2) is 5.96 Å². The molecule has 5 nitrogen and oxygen atoms in total. The van der Waals surface area contributed by atoms with E-state index in [-0.39, 0.29) is 30.6 Å². The van der Waals surface area contributed by atoms with Gasteiger partial charge in [-0.1, -0.05) is 42.5 Å². The van der Waals surface area contributed by atoms with Crippen molar-refractivity contribution in [1.29, 1.82) is 0 Å². The Morgan fingerprint density at radius 3 is 2.41 bits per heavy atom. The Balaban J connectivity index is 0.00000363. The number of ether oxygens (including phenoxy) is 1. The molecular weight excluding hydrogens is 532 g/mol. The van der Waals surface area contributed by atoms with Gasteiger partial charge in [0.1, 0.15) is 6.61 Å². The molecule has 1 aliphatic rings. The summed E-state index contributed by atoms with van der Waals surface area (Å²) in [7, 11) is 1.73. The highest BCUT2D eigenvalue weighted by Gasteiger charge is 2.27. The second kappa shape index (κ2) is 12.9. The lowest BCUT2D eigenvalue weighted by atomic mass is 10.0. The third-order valence-electron chi connectivity index (χ3n) is 5.17. The number of halogens is 4. The summed E-state index contributed by atoms with van der Waals surface area (Å²) in [6.45, 7) is 1.18. The molecule has 0 saturated carbocycles. The number of hydrogen-bond acceptors (Lipinski definition) is 3. The van der Waals surface area contributed by atoms with Crippen molar-refractivity contribution in [3.63, 3.8) is 0 Å². The highest BCUT2D eigenvalue weighted by atomic mass is 127. The molecule has 1 fully saturated rings. The first-order valence-corrected chi connectivity index (χ1v) is 10.4. The molecular formula is C23H30F3IN4O. The molecule has 0 spiro atoms. The van der Waals surface area contributed by atoms with E-state index in [9.17, 15) is 13.2 Å². The molecule has 0 unspecified atom stereocenters. The summed E-state index contributed by atoms with van der Waals surface area (Å²) >= 11 is 0. The van der Waals surface area contributed by atoms with Crippen LogP contribution in [0.2, 0.25) is 0 Å². The molecule has 2 aromatic carbocycles. The maximum Gasteiger partial charge on any atom is 0.411 e. The number of aliphatic imine (C=N–C) groups is 1. The molecule has 0 bridgehead atoms. The Hall–Kier alpha value is -2.01. The third kappa shape index (κ3) is 8.85. The lowest BCUT2D eigenvalue weighted by molar-refractivity contribution is -0.176. The highest BCUT2D eigenvalue weighted by molar-refractivity contribution is 14.0. The summed E-state index contributed by atoms with van der Waals surface area (Å²) in [4.78, 5) is 6.69. The van der Waals surface area contributed by atoms with Crippen LogP contribution in [0.3, 0.4) is 0 Å². The van der Waals surface area contributed by atoms with E-state index in [1.165, 1.54) is 5.69 Å². The predicted octanol–water partition coefficient (Wildman–Crippen LogP) is 4.72. The first-order chi connectivity index (χ1) is 14.9.